The van der Waals surface area contributed by atoms with Crippen LogP contribution in [-0.2, 0) is 11.2 Å². The summed E-state index contributed by atoms with van der Waals surface area (Å²) >= 11 is 0. The fraction of sp³-hybridized carbons (Fsp3) is 0.714. The van der Waals surface area contributed by atoms with Crippen LogP contribution in [0, 0.1) is 0 Å². The van der Waals surface area contributed by atoms with E-state index in [0.29, 0.717) is 12.8 Å². The maximum absolute atomic E-state index is 12.1. The van der Waals surface area contributed by atoms with Gasteiger partial charge in [-0.1, -0.05) is 31.8 Å². The molecule has 0 saturated carbocycles. The number of carbonyl (C=O) groups excluding carboxylic acids is 1. The topological polar surface area (TPSA) is 46.3 Å². The molecule has 0 aromatic carbocycles. The first-order chi connectivity index (χ1) is 8.77. The summed E-state index contributed by atoms with van der Waals surface area (Å²) in [5.41, 5.74) is 0.856. The lowest BCUT2D eigenvalue weighted by Crippen LogP contribution is -2.33. The molecule has 18 heavy (non-hydrogen) atoms. The molecular weight excluding hydrogens is 228 g/mol. The molecule has 0 saturated heterocycles. The van der Waals surface area contributed by atoms with Gasteiger partial charge in [-0.05, 0) is 12.8 Å². The van der Waals surface area contributed by atoms with Gasteiger partial charge in [0.15, 0.2) is 0 Å². The predicted molar refractivity (Wildman–Crippen MR) is 71.2 cm³/mol. The van der Waals surface area contributed by atoms with E-state index in [1.54, 1.807) is 6.26 Å². The SMILES string of the molecule is CCCCN(CCCC)C(=O)CCc1ccon1. The van der Waals surface area contributed by atoms with Crippen molar-refractivity contribution in [2.45, 2.75) is 52.4 Å². The zero-order valence-corrected chi connectivity index (χ0v) is 11.5. The van der Waals surface area contributed by atoms with Crippen LogP contribution in [0.15, 0.2) is 16.9 Å². The van der Waals surface area contributed by atoms with E-state index in [2.05, 4.69) is 19.0 Å². The van der Waals surface area contributed by atoms with Gasteiger partial charge in [-0.25, -0.2) is 0 Å². The van der Waals surface area contributed by atoms with Crippen LogP contribution < -0.4 is 0 Å². The lowest BCUT2D eigenvalue weighted by atomic mass is 10.2. The second kappa shape index (κ2) is 8.72. The highest BCUT2D eigenvalue weighted by atomic mass is 16.5. The zero-order chi connectivity index (χ0) is 13.2. The molecule has 1 rings (SSSR count). The second-order valence-electron chi connectivity index (χ2n) is 4.58. The summed E-state index contributed by atoms with van der Waals surface area (Å²) in [6, 6.07) is 1.82. The summed E-state index contributed by atoms with van der Waals surface area (Å²) in [7, 11) is 0. The lowest BCUT2D eigenvalue weighted by Gasteiger charge is -2.22. The van der Waals surface area contributed by atoms with Gasteiger partial charge in [0.25, 0.3) is 0 Å². The molecule has 1 aromatic heterocycles. The highest BCUT2D eigenvalue weighted by Gasteiger charge is 2.12. The Morgan fingerprint density at radius 1 is 1.28 bits per heavy atom. The minimum atomic E-state index is 0.236. The number of carbonyl (C=O) groups is 1. The van der Waals surface area contributed by atoms with E-state index in [4.69, 9.17) is 4.52 Å². The van der Waals surface area contributed by atoms with Crippen LogP contribution >= 0.6 is 0 Å². The maximum atomic E-state index is 12.1. The average Bonchev–Trinajstić information content (AvgIpc) is 2.89. The lowest BCUT2D eigenvalue weighted by molar-refractivity contribution is -0.131. The standard InChI is InChI=1S/C14H24N2O2/c1-3-5-10-16(11-6-4-2)14(17)8-7-13-9-12-18-15-13/h9,12H,3-8,10-11H2,1-2H3. The fourth-order valence-corrected chi connectivity index (χ4v) is 1.82. The molecule has 0 bridgehead atoms. The third-order valence-corrected chi connectivity index (χ3v) is 3.00. The van der Waals surface area contributed by atoms with Gasteiger partial charge < -0.3 is 9.42 Å². The van der Waals surface area contributed by atoms with Crippen molar-refractivity contribution in [2.75, 3.05) is 13.1 Å². The number of nitrogens with zero attached hydrogens (tertiary/aromatic N) is 2. The molecule has 0 radical (unpaired) electrons. The Bertz CT molecular complexity index is 315. The highest BCUT2D eigenvalue weighted by molar-refractivity contribution is 5.76. The highest BCUT2D eigenvalue weighted by Crippen LogP contribution is 2.06. The molecule has 4 heteroatoms. The van der Waals surface area contributed by atoms with Crippen LogP contribution in [0.1, 0.15) is 51.6 Å². The molecule has 0 fully saturated rings. The van der Waals surface area contributed by atoms with E-state index in [9.17, 15) is 4.79 Å². The van der Waals surface area contributed by atoms with Crippen molar-refractivity contribution in [2.24, 2.45) is 0 Å². The maximum Gasteiger partial charge on any atom is 0.222 e. The summed E-state index contributed by atoms with van der Waals surface area (Å²) in [6.07, 6.45) is 7.16. The predicted octanol–water partition coefficient (Wildman–Crippen LogP) is 3.04. The summed E-state index contributed by atoms with van der Waals surface area (Å²) in [6.45, 7) is 6.07. The molecule has 1 amide bonds. The Kier molecular flexibility index (Phi) is 7.14. The van der Waals surface area contributed by atoms with Gasteiger partial charge in [0.1, 0.15) is 6.26 Å². The average molecular weight is 252 g/mol. The number of amides is 1. The first kappa shape index (κ1) is 14.7. The Morgan fingerprint density at radius 2 is 1.94 bits per heavy atom. The number of unbranched alkanes of at least 4 members (excludes halogenated alkanes) is 2. The third kappa shape index (κ3) is 5.34. The number of rotatable bonds is 9. The molecule has 0 aliphatic heterocycles. The summed E-state index contributed by atoms with van der Waals surface area (Å²) in [4.78, 5) is 14.1. The van der Waals surface area contributed by atoms with Gasteiger partial charge >= 0.3 is 0 Å². The van der Waals surface area contributed by atoms with E-state index in [1.807, 2.05) is 11.0 Å². The fourth-order valence-electron chi connectivity index (χ4n) is 1.82. The molecule has 0 spiro atoms. The van der Waals surface area contributed by atoms with Crippen LogP contribution in [-0.4, -0.2) is 29.1 Å². The molecule has 102 valence electrons. The molecule has 0 aliphatic carbocycles. The number of aryl methyl sites for hydroxylation is 1. The van der Waals surface area contributed by atoms with E-state index in [1.165, 1.54) is 0 Å². The minimum absolute atomic E-state index is 0.236. The van der Waals surface area contributed by atoms with Gasteiger partial charge in [0.2, 0.25) is 5.91 Å². The first-order valence-corrected chi connectivity index (χ1v) is 6.95. The van der Waals surface area contributed by atoms with E-state index < -0.39 is 0 Å². The van der Waals surface area contributed by atoms with Crippen molar-refractivity contribution in [3.63, 3.8) is 0 Å². The quantitative estimate of drug-likeness (QED) is 0.678. The summed E-state index contributed by atoms with van der Waals surface area (Å²) in [5, 5.41) is 3.83. The largest absolute Gasteiger partial charge is 0.365 e. The molecule has 0 N–H and O–H groups in total. The Labute approximate surface area is 109 Å². The minimum Gasteiger partial charge on any atom is -0.365 e. The Hall–Kier alpha value is -1.32. The van der Waals surface area contributed by atoms with Gasteiger partial charge in [-0.3, -0.25) is 4.79 Å². The number of hydrogen-bond acceptors (Lipinski definition) is 3. The van der Waals surface area contributed by atoms with Crippen molar-refractivity contribution in [3.8, 4) is 0 Å². The molecule has 0 aliphatic rings. The summed E-state index contributed by atoms with van der Waals surface area (Å²) < 4.78 is 4.76. The Morgan fingerprint density at radius 3 is 2.44 bits per heavy atom. The van der Waals surface area contributed by atoms with Crippen molar-refractivity contribution in [1.29, 1.82) is 0 Å². The van der Waals surface area contributed by atoms with Gasteiger partial charge in [-0.2, -0.15) is 0 Å². The monoisotopic (exact) mass is 252 g/mol. The molecule has 4 nitrogen and oxygen atoms in total. The van der Waals surface area contributed by atoms with Crippen LogP contribution in [0.5, 0.6) is 0 Å². The van der Waals surface area contributed by atoms with E-state index in [0.717, 1.165) is 44.5 Å². The molecular formula is C14H24N2O2. The van der Waals surface area contributed by atoms with Crippen LogP contribution in [0.3, 0.4) is 0 Å². The smallest absolute Gasteiger partial charge is 0.222 e. The van der Waals surface area contributed by atoms with E-state index >= 15 is 0 Å². The van der Waals surface area contributed by atoms with Crippen molar-refractivity contribution < 1.29 is 9.32 Å². The third-order valence-electron chi connectivity index (χ3n) is 3.00. The van der Waals surface area contributed by atoms with Crippen LogP contribution in [0.2, 0.25) is 0 Å². The van der Waals surface area contributed by atoms with E-state index in [-0.39, 0.29) is 5.91 Å². The number of hydrogen-bond donors (Lipinski definition) is 0. The molecule has 0 unspecified atom stereocenters. The summed E-state index contributed by atoms with van der Waals surface area (Å²) in [5.74, 6) is 0.236. The van der Waals surface area contributed by atoms with Crippen molar-refractivity contribution in [3.05, 3.63) is 18.0 Å². The van der Waals surface area contributed by atoms with Gasteiger partial charge in [-0.15, -0.1) is 0 Å². The Balaban J connectivity index is 2.36. The van der Waals surface area contributed by atoms with Crippen molar-refractivity contribution >= 4 is 5.91 Å². The normalized spacial score (nSPS) is 10.6. The molecule has 1 aromatic rings. The van der Waals surface area contributed by atoms with Gasteiger partial charge in [0.05, 0.1) is 5.69 Å². The van der Waals surface area contributed by atoms with Crippen LogP contribution in [0.25, 0.3) is 0 Å². The first-order valence-electron chi connectivity index (χ1n) is 6.95. The molecule has 1 heterocycles. The number of aromatic nitrogens is 1. The van der Waals surface area contributed by atoms with Crippen LogP contribution in [0.4, 0.5) is 0 Å². The zero-order valence-electron chi connectivity index (χ0n) is 11.5. The van der Waals surface area contributed by atoms with Crippen molar-refractivity contribution in [1.82, 2.24) is 10.1 Å². The second-order valence-corrected chi connectivity index (χ2v) is 4.58. The molecule has 0 atom stereocenters. The van der Waals surface area contributed by atoms with Gasteiger partial charge in [0, 0.05) is 32.0 Å².